The molecule has 0 aliphatic carbocycles. The van der Waals surface area contributed by atoms with E-state index in [1.54, 1.807) is 22.8 Å². The number of hydrogen-bond donors (Lipinski definition) is 2. The van der Waals surface area contributed by atoms with Crippen molar-refractivity contribution in [3.63, 3.8) is 0 Å². The Morgan fingerprint density at radius 2 is 1.83 bits per heavy atom. The first-order valence-electron chi connectivity index (χ1n) is 9.17. The fourth-order valence-electron chi connectivity index (χ4n) is 3.23. The van der Waals surface area contributed by atoms with Gasteiger partial charge in [0.2, 0.25) is 10.0 Å². The molecule has 0 aliphatic rings. The lowest BCUT2D eigenvalue weighted by Crippen LogP contribution is -2.12. The molecular formula is C21H17N5O3S. The van der Waals surface area contributed by atoms with Crippen LogP contribution in [0, 0.1) is 0 Å². The monoisotopic (exact) mass is 419 g/mol. The van der Waals surface area contributed by atoms with Gasteiger partial charge in [-0.25, -0.2) is 23.1 Å². The minimum Gasteiger partial charge on any atom is -0.454 e. The summed E-state index contributed by atoms with van der Waals surface area (Å²) in [5.74, 6) is 1.33. The zero-order valence-electron chi connectivity index (χ0n) is 15.7. The second-order valence-electron chi connectivity index (χ2n) is 6.82. The molecule has 3 aromatic heterocycles. The maximum absolute atomic E-state index is 11.4. The molecular weight excluding hydrogens is 402 g/mol. The molecule has 0 radical (unpaired) electrons. The fraction of sp³-hybridized carbons (Fsp3) is 0.0476. The van der Waals surface area contributed by atoms with Crippen molar-refractivity contribution in [1.29, 1.82) is 0 Å². The molecule has 0 amide bonds. The number of furan rings is 1. The first-order chi connectivity index (χ1) is 14.5. The number of primary sulfonamides is 1. The first-order valence-corrected chi connectivity index (χ1v) is 10.7. The lowest BCUT2D eigenvalue weighted by Gasteiger charge is -2.07. The summed E-state index contributed by atoms with van der Waals surface area (Å²) in [6.07, 6.45) is 1.73. The van der Waals surface area contributed by atoms with Crippen LogP contribution in [0.4, 0.5) is 5.82 Å². The molecule has 0 saturated carbocycles. The van der Waals surface area contributed by atoms with Gasteiger partial charge in [0.1, 0.15) is 17.1 Å². The summed E-state index contributed by atoms with van der Waals surface area (Å²) in [5.41, 5.74) is 3.16. The summed E-state index contributed by atoms with van der Waals surface area (Å²) in [7, 11) is -3.70. The number of para-hydroxylation sites is 1. The maximum Gasteiger partial charge on any atom is 0.238 e. The largest absolute Gasteiger partial charge is 0.454 e. The number of nitrogens with two attached hydrogens (primary N) is 1. The second-order valence-corrected chi connectivity index (χ2v) is 8.38. The van der Waals surface area contributed by atoms with Crippen LogP contribution in [-0.2, 0) is 16.6 Å². The molecule has 3 heterocycles. The summed E-state index contributed by atoms with van der Waals surface area (Å²) in [4.78, 5) is 4.48. The lowest BCUT2D eigenvalue weighted by atomic mass is 10.2. The van der Waals surface area contributed by atoms with Gasteiger partial charge in [0.25, 0.3) is 0 Å². The van der Waals surface area contributed by atoms with Crippen LogP contribution < -0.4 is 10.5 Å². The van der Waals surface area contributed by atoms with Gasteiger partial charge in [-0.2, -0.15) is 0 Å². The van der Waals surface area contributed by atoms with Crippen LogP contribution in [0.15, 0.2) is 82.2 Å². The standard InChI is InChI=1S/C21H17N5O3S/c22-30(27,28)16-7-5-14(6-8-16)12-23-20-9-10-21-24-13-17(26(21)25-20)19-11-15-3-1-2-4-18(15)29-19/h1-11,13H,12H2,(H,23,25)(H2,22,27,28). The minimum absolute atomic E-state index is 0.0830. The molecule has 0 unspecified atom stereocenters. The van der Waals surface area contributed by atoms with Crippen LogP contribution in [0.1, 0.15) is 5.56 Å². The summed E-state index contributed by atoms with van der Waals surface area (Å²) in [5, 5.41) is 14.0. The van der Waals surface area contributed by atoms with Crippen molar-refractivity contribution in [2.45, 2.75) is 11.4 Å². The number of hydrogen-bond acceptors (Lipinski definition) is 6. The van der Waals surface area contributed by atoms with Crippen molar-refractivity contribution in [2.24, 2.45) is 5.14 Å². The third-order valence-corrected chi connectivity index (χ3v) is 5.70. The van der Waals surface area contributed by atoms with E-state index >= 15 is 0 Å². The Bertz CT molecular complexity index is 1440. The van der Waals surface area contributed by atoms with Crippen LogP contribution in [0.5, 0.6) is 0 Å². The highest BCUT2D eigenvalue weighted by atomic mass is 32.2. The average molecular weight is 419 g/mol. The SMILES string of the molecule is NS(=O)(=O)c1ccc(CNc2ccc3ncc(-c4cc5ccccc5o4)n3n2)cc1. The van der Waals surface area contributed by atoms with Gasteiger partial charge in [0.05, 0.1) is 11.1 Å². The number of fused-ring (bicyclic) bond motifs is 2. The summed E-state index contributed by atoms with van der Waals surface area (Å²) < 4.78 is 30.4. The van der Waals surface area contributed by atoms with Crippen molar-refractivity contribution in [1.82, 2.24) is 14.6 Å². The predicted octanol–water partition coefficient (Wildman–Crippen LogP) is 3.40. The Morgan fingerprint density at radius 3 is 2.60 bits per heavy atom. The molecule has 150 valence electrons. The summed E-state index contributed by atoms with van der Waals surface area (Å²) in [6, 6.07) is 19.9. The smallest absolute Gasteiger partial charge is 0.238 e. The number of nitrogens with one attached hydrogen (secondary N) is 1. The predicted molar refractivity (Wildman–Crippen MR) is 113 cm³/mol. The minimum atomic E-state index is -3.70. The van der Waals surface area contributed by atoms with Crippen molar-refractivity contribution < 1.29 is 12.8 Å². The summed E-state index contributed by atoms with van der Waals surface area (Å²) in [6.45, 7) is 0.470. The van der Waals surface area contributed by atoms with Crippen molar-refractivity contribution in [2.75, 3.05) is 5.32 Å². The number of nitrogens with zero attached hydrogens (tertiary/aromatic N) is 3. The Kier molecular flexibility index (Phi) is 4.27. The number of anilines is 1. The van der Waals surface area contributed by atoms with Gasteiger partial charge in [-0.1, -0.05) is 30.3 Å². The van der Waals surface area contributed by atoms with Gasteiger partial charge >= 0.3 is 0 Å². The van der Waals surface area contributed by atoms with E-state index in [0.717, 1.165) is 22.2 Å². The molecule has 9 heteroatoms. The van der Waals surface area contributed by atoms with E-state index in [1.165, 1.54) is 12.1 Å². The van der Waals surface area contributed by atoms with Crippen molar-refractivity contribution in [3.8, 4) is 11.5 Å². The molecule has 30 heavy (non-hydrogen) atoms. The molecule has 2 aromatic carbocycles. The number of rotatable bonds is 5. The van der Waals surface area contributed by atoms with E-state index < -0.39 is 10.0 Å². The van der Waals surface area contributed by atoms with Crippen LogP contribution in [0.25, 0.3) is 28.1 Å². The molecule has 0 atom stereocenters. The van der Waals surface area contributed by atoms with E-state index in [0.29, 0.717) is 23.8 Å². The average Bonchev–Trinajstić information content (AvgIpc) is 3.35. The fourth-order valence-corrected chi connectivity index (χ4v) is 3.75. The van der Waals surface area contributed by atoms with Gasteiger partial charge in [-0.05, 0) is 42.0 Å². The number of sulfonamides is 1. The number of imidazole rings is 1. The molecule has 0 bridgehead atoms. The topological polar surface area (TPSA) is 116 Å². The third-order valence-electron chi connectivity index (χ3n) is 4.77. The molecule has 5 aromatic rings. The lowest BCUT2D eigenvalue weighted by molar-refractivity contribution is 0.597. The van der Waals surface area contributed by atoms with Crippen molar-refractivity contribution in [3.05, 3.63) is 78.5 Å². The molecule has 5 rings (SSSR count). The highest BCUT2D eigenvalue weighted by molar-refractivity contribution is 7.89. The van der Waals surface area contributed by atoms with Gasteiger partial charge in [0, 0.05) is 11.9 Å². The van der Waals surface area contributed by atoms with E-state index in [4.69, 9.17) is 9.56 Å². The molecule has 0 saturated heterocycles. The van der Waals surface area contributed by atoms with Crippen LogP contribution in [0.3, 0.4) is 0 Å². The Labute approximate surface area is 172 Å². The van der Waals surface area contributed by atoms with Gasteiger partial charge < -0.3 is 9.73 Å². The Morgan fingerprint density at radius 1 is 1.03 bits per heavy atom. The zero-order chi connectivity index (χ0) is 20.7. The Hall–Kier alpha value is -3.69. The van der Waals surface area contributed by atoms with E-state index in [2.05, 4.69) is 15.4 Å². The summed E-state index contributed by atoms with van der Waals surface area (Å²) >= 11 is 0. The molecule has 3 N–H and O–H groups in total. The molecule has 0 aliphatic heterocycles. The highest BCUT2D eigenvalue weighted by Crippen LogP contribution is 2.28. The second kappa shape index (κ2) is 6.97. The van der Waals surface area contributed by atoms with Crippen LogP contribution in [0.2, 0.25) is 0 Å². The van der Waals surface area contributed by atoms with E-state index in [1.807, 2.05) is 42.5 Å². The number of benzene rings is 2. The molecule has 0 spiro atoms. The quantitative estimate of drug-likeness (QED) is 0.451. The van der Waals surface area contributed by atoms with Gasteiger partial charge in [0.15, 0.2) is 11.4 Å². The first kappa shape index (κ1) is 18.3. The zero-order valence-corrected chi connectivity index (χ0v) is 16.5. The maximum atomic E-state index is 11.4. The van der Waals surface area contributed by atoms with Crippen LogP contribution in [-0.4, -0.2) is 23.0 Å². The number of aromatic nitrogens is 3. The van der Waals surface area contributed by atoms with Crippen molar-refractivity contribution >= 4 is 32.5 Å². The third kappa shape index (κ3) is 3.40. The highest BCUT2D eigenvalue weighted by Gasteiger charge is 2.13. The van der Waals surface area contributed by atoms with E-state index in [-0.39, 0.29) is 4.90 Å². The van der Waals surface area contributed by atoms with Gasteiger partial charge in [-0.15, -0.1) is 5.10 Å². The van der Waals surface area contributed by atoms with E-state index in [9.17, 15) is 8.42 Å². The van der Waals surface area contributed by atoms with Gasteiger partial charge in [-0.3, -0.25) is 0 Å². The molecule has 8 nitrogen and oxygen atoms in total. The van der Waals surface area contributed by atoms with Crippen LogP contribution >= 0.6 is 0 Å². The molecule has 0 fully saturated rings. The normalized spacial score (nSPS) is 11.9. The Balaban J connectivity index is 1.41.